The van der Waals surface area contributed by atoms with Crippen molar-refractivity contribution in [1.82, 2.24) is 10.6 Å². The molecule has 0 spiro atoms. The molecule has 5 nitrogen and oxygen atoms in total. The molecule has 0 aliphatic heterocycles. The normalized spacial score (nSPS) is 10.8. The summed E-state index contributed by atoms with van der Waals surface area (Å²) in [6.07, 6.45) is 2.00. The monoisotopic (exact) mass is 486 g/mol. The number of aliphatic imine (C=N–C) groups is 1. The van der Waals surface area contributed by atoms with Gasteiger partial charge in [-0.3, -0.25) is 9.79 Å². The van der Waals surface area contributed by atoms with Crippen LogP contribution in [0.2, 0.25) is 0 Å². The van der Waals surface area contributed by atoms with Crippen molar-refractivity contribution in [3.63, 3.8) is 0 Å². The zero-order valence-corrected chi connectivity index (χ0v) is 18.6. The van der Waals surface area contributed by atoms with E-state index >= 15 is 0 Å². The van der Waals surface area contributed by atoms with E-state index in [2.05, 4.69) is 46.9 Å². The molecule has 0 aliphatic carbocycles. The van der Waals surface area contributed by atoms with Crippen molar-refractivity contribution in [3.05, 3.63) is 51.7 Å². The van der Waals surface area contributed by atoms with Crippen molar-refractivity contribution in [3.8, 4) is 0 Å². The number of anilines is 1. The number of hydrogen-bond donors (Lipinski definition) is 3. The van der Waals surface area contributed by atoms with E-state index in [4.69, 9.17) is 0 Å². The lowest BCUT2D eigenvalue weighted by atomic mass is 10.1. The first-order valence-corrected chi connectivity index (χ1v) is 9.37. The van der Waals surface area contributed by atoms with Gasteiger partial charge in [-0.15, -0.1) is 35.3 Å². The minimum atomic E-state index is -0.0967. The molecule has 0 aliphatic rings. The molecule has 1 aromatic carbocycles. The number of benzene rings is 1. The maximum atomic E-state index is 12.1. The van der Waals surface area contributed by atoms with E-state index in [9.17, 15) is 4.79 Å². The van der Waals surface area contributed by atoms with Crippen LogP contribution in [0.3, 0.4) is 0 Å². The molecule has 1 aromatic heterocycles. The van der Waals surface area contributed by atoms with Gasteiger partial charge in [0, 0.05) is 22.5 Å². The Morgan fingerprint density at radius 2 is 1.85 bits per heavy atom. The van der Waals surface area contributed by atoms with E-state index in [1.54, 1.807) is 18.4 Å². The van der Waals surface area contributed by atoms with Crippen LogP contribution in [-0.2, 0) is 24.2 Å². The van der Waals surface area contributed by atoms with Gasteiger partial charge in [-0.1, -0.05) is 26.0 Å². The topological polar surface area (TPSA) is 65.5 Å². The highest BCUT2D eigenvalue weighted by molar-refractivity contribution is 14.0. The number of amides is 1. The molecule has 2 aromatic rings. The SMILES string of the molecule is CCc1cccc(NC(=O)CNC(=NC)NCc2ccc(CC)s2)c1.I. The quantitative estimate of drug-likeness (QED) is 0.317. The van der Waals surface area contributed by atoms with Gasteiger partial charge in [0.25, 0.3) is 0 Å². The Bertz CT molecular complexity index is 730. The molecule has 7 heteroatoms. The van der Waals surface area contributed by atoms with Crippen molar-refractivity contribution in [2.45, 2.75) is 33.2 Å². The van der Waals surface area contributed by atoms with Crippen molar-refractivity contribution >= 4 is 52.9 Å². The van der Waals surface area contributed by atoms with Crippen LogP contribution in [0.15, 0.2) is 41.4 Å². The first kappa shape index (κ1) is 22.4. The third-order valence-corrected chi connectivity index (χ3v) is 4.98. The molecule has 3 N–H and O–H groups in total. The minimum Gasteiger partial charge on any atom is -0.352 e. The fourth-order valence-corrected chi connectivity index (χ4v) is 3.23. The maximum Gasteiger partial charge on any atom is 0.243 e. The van der Waals surface area contributed by atoms with Crippen LogP contribution in [0.4, 0.5) is 5.69 Å². The van der Waals surface area contributed by atoms with E-state index in [1.165, 1.54) is 15.3 Å². The minimum absolute atomic E-state index is 0. The molecule has 1 heterocycles. The molecule has 0 atom stereocenters. The number of aryl methyl sites for hydroxylation is 2. The van der Waals surface area contributed by atoms with Crippen LogP contribution < -0.4 is 16.0 Å². The molecular formula is C19H27IN4OS. The summed E-state index contributed by atoms with van der Waals surface area (Å²) in [6.45, 7) is 5.11. The highest BCUT2D eigenvalue weighted by Crippen LogP contribution is 2.16. The highest BCUT2D eigenvalue weighted by Gasteiger charge is 2.05. The molecule has 0 radical (unpaired) electrons. The summed E-state index contributed by atoms with van der Waals surface area (Å²) < 4.78 is 0. The van der Waals surface area contributed by atoms with Gasteiger partial charge < -0.3 is 16.0 Å². The number of rotatable bonds is 7. The van der Waals surface area contributed by atoms with Crippen LogP contribution in [0, 0.1) is 0 Å². The van der Waals surface area contributed by atoms with Crippen LogP contribution >= 0.6 is 35.3 Å². The summed E-state index contributed by atoms with van der Waals surface area (Å²) in [4.78, 5) is 18.9. The largest absolute Gasteiger partial charge is 0.352 e. The van der Waals surface area contributed by atoms with Crippen molar-refractivity contribution in [1.29, 1.82) is 0 Å². The number of thiophene rings is 1. The van der Waals surface area contributed by atoms with Gasteiger partial charge >= 0.3 is 0 Å². The van der Waals surface area contributed by atoms with Gasteiger partial charge in [0.15, 0.2) is 5.96 Å². The second-order valence-corrected chi connectivity index (χ2v) is 6.86. The van der Waals surface area contributed by atoms with Crippen molar-refractivity contribution < 1.29 is 4.79 Å². The molecule has 0 saturated heterocycles. The average molecular weight is 486 g/mol. The van der Waals surface area contributed by atoms with E-state index in [0.717, 1.165) is 18.5 Å². The van der Waals surface area contributed by atoms with E-state index in [1.807, 2.05) is 24.3 Å². The summed E-state index contributed by atoms with van der Waals surface area (Å²) in [5.41, 5.74) is 2.02. The van der Waals surface area contributed by atoms with Crippen molar-refractivity contribution in [2.75, 3.05) is 18.9 Å². The lowest BCUT2D eigenvalue weighted by Gasteiger charge is -2.12. The van der Waals surface area contributed by atoms with E-state index in [-0.39, 0.29) is 36.4 Å². The van der Waals surface area contributed by atoms with Crippen molar-refractivity contribution in [2.24, 2.45) is 4.99 Å². The second-order valence-electron chi connectivity index (χ2n) is 5.60. The number of hydrogen-bond acceptors (Lipinski definition) is 3. The number of nitrogens with one attached hydrogen (secondary N) is 3. The van der Waals surface area contributed by atoms with Gasteiger partial charge in [0.1, 0.15) is 0 Å². The second kappa shape index (κ2) is 11.9. The Morgan fingerprint density at radius 3 is 2.50 bits per heavy atom. The van der Waals surface area contributed by atoms with Crippen LogP contribution in [0.25, 0.3) is 0 Å². The summed E-state index contributed by atoms with van der Waals surface area (Å²) in [7, 11) is 1.70. The first-order chi connectivity index (χ1) is 12.1. The summed E-state index contributed by atoms with van der Waals surface area (Å²) >= 11 is 1.79. The molecule has 0 saturated carbocycles. The Morgan fingerprint density at radius 1 is 1.08 bits per heavy atom. The third-order valence-electron chi connectivity index (χ3n) is 3.75. The fraction of sp³-hybridized carbons (Fsp3) is 0.368. The summed E-state index contributed by atoms with van der Waals surface area (Å²) in [5, 5.41) is 9.17. The molecule has 26 heavy (non-hydrogen) atoms. The van der Waals surface area contributed by atoms with Gasteiger partial charge in [-0.25, -0.2) is 0 Å². The lowest BCUT2D eigenvalue weighted by molar-refractivity contribution is -0.115. The predicted molar refractivity (Wildman–Crippen MR) is 122 cm³/mol. The van der Waals surface area contributed by atoms with Gasteiger partial charge in [-0.2, -0.15) is 0 Å². The fourth-order valence-electron chi connectivity index (χ4n) is 2.34. The molecule has 0 fully saturated rings. The average Bonchev–Trinajstić information content (AvgIpc) is 3.10. The number of carbonyl (C=O) groups excluding carboxylic acids is 1. The number of guanidine groups is 1. The summed E-state index contributed by atoms with van der Waals surface area (Å²) in [6, 6.07) is 12.2. The highest BCUT2D eigenvalue weighted by atomic mass is 127. The molecule has 0 unspecified atom stereocenters. The Kier molecular flexibility index (Phi) is 10.3. The van der Waals surface area contributed by atoms with Gasteiger partial charge in [0.05, 0.1) is 13.1 Å². The standard InChI is InChI=1S/C19H26N4OS.HI/c1-4-14-7-6-8-15(11-14)23-18(24)13-22-19(20-3)21-12-17-10-9-16(5-2)25-17;/h6-11H,4-5,12-13H2,1-3H3,(H,23,24)(H2,20,21,22);1H. The van der Waals surface area contributed by atoms with Gasteiger partial charge in [0.2, 0.25) is 5.91 Å². The lowest BCUT2D eigenvalue weighted by Crippen LogP contribution is -2.40. The molecule has 1 amide bonds. The number of nitrogens with zero attached hydrogens (tertiary/aromatic N) is 1. The Labute approximate surface area is 176 Å². The van der Waals surface area contributed by atoms with Gasteiger partial charge in [-0.05, 0) is 42.7 Å². The number of halogens is 1. The van der Waals surface area contributed by atoms with Crippen LogP contribution in [0.5, 0.6) is 0 Å². The molecular weight excluding hydrogens is 459 g/mol. The Balaban J connectivity index is 0.00000338. The van der Waals surface area contributed by atoms with Crippen LogP contribution in [0.1, 0.15) is 29.2 Å². The molecule has 0 bridgehead atoms. The van der Waals surface area contributed by atoms with E-state index in [0.29, 0.717) is 12.5 Å². The molecule has 142 valence electrons. The predicted octanol–water partition coefficient (Wildman–Crippen LogP) is 3.79. The maximum absolute atomic E-state index is 12.1. The summed E-state index contributed by atoms with van der Waals surface area (Å²) in [5.74, 6) is 0.518. The molecule has 2 rings (SSSR count). The zero-order valence-electron chi connectivity index (χ0n) is 15.5. The Hall–Kier alpha value is -1.61. The smallest absolute Gasteiger partial charge is 0.243 e. The first-order valence-electron chi connectivity index (χ1n) is 8.55. The van der Waals surface area contributed by atoms with E-state index < -0.39 is 0 Å². The number of carbonyl (C=O) groups is 1. The third kappa shape index (κ3) is 7.33. The van der Waals surface area contributed by atoms with Crippen LogP contribution in [-0.4, -0.2) is 25.5 Å². The zero-order chi connectivity index (χ0) is 18.1.